The largest absolute Gasteiger partial charge is 0.494 e. The van der Waals surface area contributed by atoms with Crippen LogP contribution < -0.4 is 4.74 Å². The van der Waals surface area contributed by atoms with Gasteiger partial charge in [0.25, 0.3) is 0 Å². The summed E-state index contributed by atoms with van der Waals surface area (Å²) in [7, 11) is 0. The first-order chi connectivity index (χ1) is 10.5. The zero-order valence-electron chi connectivity index (χ0n) is 12.3. The van der Waals surface area contributed by atoms with E-state index in [0.29, 0.717) is 12.2 Å². The number of ether oxygens (including phenoxy) is 1. The lowest BCUT2D eigenvalue weighted by atomic mass is 10.0. The van der Waals surface area contributed by atoms with Crippen LogP contribution in [-0.4, -0.2) is 28.8 Å². The topological polar surface area (TPSA) is 83.8 Å². The van der Waals surface area contributed by atoms with Crippen LogP contribution in [-0.2, 0) is 9.59 Å². The molecule has 0 bridgehead atoms. The van der Waals surface area contributed by atoms with Gasteiger partial charge in [0.05, 0.1) is 6.61 Å². The van der Waals surface area contributed by atoms with Gasteiger partial charge in [-0.1, -0.05) is 29.8 Å². The number of rotatable bonds is 7. The van der Waals surface area contributed by atoms with E-state index in [1.54, 1.807) is 0 Å². The zero-order valence-corrected chi connectivity index (χ0v) is 12.3. The van der Waals surface area contributed by atoms with Gasteiger partial charge < -0.3 is 14.9 Å². The lowest BCUT2D eigenvalue weighted by Gasteiger charge is -2.09. The van der Waals surface area contributed by atoms with E-state index in [-0.39, 0.29) is 13.0 Å². The maximum Gasteiger partial charge on any atom is 0.317 e. The average Bonchev–Trinajstić information content (AvgIpc) is 2.46. The number of hydrogen-bond donors (Lipinski definition) is 2. The molecular weight excluding hydrogens is 284 g/mol. The first-order valence-corrected chi connectivity index (χ1v) is 7.06. The van der Waals surface area contributed by atoms with Crippen molar-refractivity contribution in [3.05, 3.63) is 42.0 Å². The van der Waals surface area contributed by atoms with Crippen LogP contribution in [0.15, 0.2) is 36.4 Å². The molecule has 2 aromatic rings. The van der Waals surface area contributed by atoms with Crippen LogP contribution >= 0.6 is 0 Å². The molecule has 2 rings (SSSR count). The van der Waals surface area contributed by atoms with Gasteiger partial charge in [0.15, 0.2) is 5.92 Å². The van der Waals surface area contributed by atoms with Crippen LogP contribution in [0.2, 0.25) is 0 Å². The van der Waals surface area contributed by atoms with Gasteiger partial charge >= 0.3 is 11.9 Å². The standard InChI is InChI=1S/C17H18O5/c1-11-4-5-13-10-14(7-6-12(13)9-11)22-8-2-3-15(16(18)19)17(20)21/h4-7,9-10,15H,2-3,8H2,1H3,(H,18,19)(H,20,21). The second kappa shape index (κ2) is 6.93. The summed E-state index contributed by atoms with van der Waals surface area (Å²) < 4.78 is 5.57. The third-order valence-corrected chi connectivity index (χ3v) is 3.47. The minimum Gasteiger partial charge on any atom is -0.494 e. The number of carbonyl (C=O) groups is 2. The summed E-state index contributed by atoms with van der Waals surface area (Å²) in [6, 6.07) is 11.9. The fourth-order valence-electron chi connectivity index (χ4n) is 2.26. The summed E-state index contributed by atoms with van der Waals surface area (Å²) in [5, 5.41) is 19.8. The lowest BCUT2D eigenvalue weighted by molar-refractivity contribution is -0.154. The molecule has 0 heterocycles. The molecule has 0 saturated heterocycles. The van der Waals surface area contributed by atoms with Crippen molar-refractivity contribution in [3.8, 4) is 5.75 Å². The third kappa shape index (κ3) is 3.97. The Balaban J connectivity index is 1.91. The Morgan fingerprint density at radius 2 is 1.68 bits per heavy atom. The van der Waals surface area contributed by atoms with Crippen LogP contribution in [0.25, 0.3) is 10.8 Å². The van der Waals surface area contributed by atoms with Gasteiger partial charge in [-0.05, 0) is 42.7 Å². The summed E-state index contributed by atoms with van der Waals surface area (Å²) in [5.41, 5.74) is 1.19. The Labute approximate surface area is 128 Å². The van der Waals surface area contributed by atoms with E-state index in [9.17, 15) is 9.59 Å². The Morgan fingerprint density at radius 1 is 1.05 bits per heavy atom. The fraction of sp³-hybridized carbons (Fsp3) is 0.294. The monoisotopic (exact) mass is 302 g/mol. The van der Waals surface area contributed by atoms with E-state index in [4.69, 9.17) is 14.9 Å². The van der Waals surface area contributed by atoms with Crippen molar-refractivity contribution in [2.75, 3.05) is 6.61 Å². The number of hydrogen-bond acceptors (Lipinski definition) is 3. The molecule has 0 aliphatic carbocycles. The highest BCUT2D eigenvalue weighted by Crippen LogP contribution is 2.22. The molecule has 0 aliphatic heterocycles. The number of carboxylic acid groups (broad SMARTS) is 2. The van der Waals surface area contributed by atoms with E-state index in [1.165, 1.54) is 5.56 Å². The number of fused-ring (bicyclic) bond motifs is 1. The van der Waals surface area contributed by atoms with E-state index in [0.717, 1.165) is 10.8 Å². The van der Waals surface area contributed by atoms with Crippen LogP contribution in [0, 0.1) is 12.8 Å². The second-order valence-electron chi connectivity index (χ2n) is 5.23. The normalized spacial score (nSPS) is 10.8. The minimum atomic E-state index is -1.37. The Morgan fingerprint density at radius 3 is 2.36 bits per heavy atom. The molecule has 0 spiro atoms. The summed E-state index contributed by atoms with van der Waals surface area (Å²) in [6.45, 7) is 2.32. The molecular formula is C17H18O5. The molecule has 22 heavy (non-hydrogen) atoms. The van der Waals surface area contributed by atoms with Gasteiger partial charge in [-0.15, -0.1) is 0 Å². The smallest absolute Gasteiger partial charge is 0.317 e. The first kappa shape index (κ1) is 15.8. The van der Waals surface area contributed by atoms with Crippen LogP contribution in [0.1, 0.15) is 18.4 Å². The van der Waals surface area contributed by atoms with Gasteiger partial charge in [0, 0.05) is 0 Å². The molecule has 0 fully saturated rings. The molecule has 5 nitrogen and oxygen atoms in total. The predicted octanol–water partition coefficient (Wildman–Crippen LogP) is 3.09. The molecule has 0 aromatic heterocycles. The van der Waals surface area contributed by atoms with Gasteiger partial charge in [-0.3, -0.25) is 9.59 Å². The van der Waals surface area contributed by atoms with E-state index >= 15 is 0 Å². The summed E-state index contributed by atoms with van der Waals surface area (Å²) in [4.78, 5) is 21.5. The molecule has 2 N–H and O–H groups in total. The summed E-state index contributed by atoms with van der Waals surface area (Å²) in [6.07, 6.45) is 0.423. The summed E-state index contributed by atoms with van der Waals surface area (Å²) in [5.74, 6) is -3.30. The lowest BCUT2D eigenvalue weighted by Crippen LogP contribution is -2.23. The van der Waals surface area contributed by atoms with Gasteiger partial charge in [-0.25, -0.2) is 0 Å². The summed E-state index contributed by atoms with van der Waals surface area (Å²) >= 11 is 0. The fourth-order valence-corrected chi connectivity index (χ4v) is 2.26. The first-order valence-electron chi connectivity index (χ1n) is 7.06. The van der Waals surface area contributed by atoms with Crippen molar-refractivity contribution in [2.24, 2.45) is 5.92 Å². The van der Waals surface area contributed by atoms with E-state index < -0.39 is 17.9 Å². The molecule has 116 valence electrons. The van der Waals surface area contributed by atoms with Crippen molar-refractivity contribution in [3.63, 3.8) is 0 Å². The molecule has 0 atom stereocenters. The van der Waals surface area contributed by atoms with Crippen molar-refractivity contribution >= 4 is 22.7 Å². The van der Waals surface area contributed by atoms with Crippen LogP contribution in [0.5, 0.6) is 5.75 Å². The van der Waals surface area contributed by atoms with Crippen LogP contribution in [0.4, 0.5) is 0 Å². The minimum absolute atomic E-state index is 0.0530. The zero-order chi connectivity index (χ0) is 16.1. The van der Waals surface area contributed by atoms with E-state index in [1.807, 2.05) is 37.3 Å². The Bertz CT molecular complexity index is 679. The number of benzene rings is 2. The Kier molecular flexibility index (Phi) is 4.99. The maximum atomic E-state index is 10.8. The van der Waals surface area contributed by atoms with Crippen molar-refractivity contribution in [2.45, 2.75) is 19.8 Å². The average molecular weight is 302 g/mol. The van der Waals surface area contributed by atoms with Gasteiger partial charge in [0.2, 0.25) is 0 Å². The highest BCUT2D eigenvalue weighted by molar-refractivity contribution is 5.92. The van der Waals surface area contributed by atoms with Crippen molar-refractivity contribution in [1.82, 2.24) is 0 Å². The number of aliphatic carboxylic acids is 2. The Hall–Kier alpha value is -2.56. The highest BCUT2D eigenvalue weighted by atomic mass is 16.5. The number of carboxylic acids is 2. The molecule has 0 unspecified atom stereocenters. The highest BCUT2D eigenvalue weighted by Gasteiger charge is 2.24. The van der Waals surface area contributed by atoms with Gasteiger partial charge in [-0.2, -0.15) is 0 Å². The SMILES string of the molecule is Cc1ccc2cc(OCCCC(C(=O)O)C(=O)O)ccc2c1. The van der Waals surface area contributed by atoms with Crippen molar-refractivity contribution < 1.29 is 24.5 Å². The maximum absolute atomic E-state index is 10.8. The molecule has 0 saturated carbocycles. The van der Waals surface area contributed by atoms with Crippen LogP contribution in [0.3, 0.4) is 0 Å². The molecule has 2 aromatic carbocycles. The van der Waals surface area contributed by atoms with Gasteiger partial charge in [0.1, 0.15) is 5.75 Å². The van der Waals surface area contributed by atoms with Crippen molar-refractivity contribution in [1.29, 1.82) is 0 Å². The quantitative estimate of drug-likeness (QED) is 0.606. The molecule has 0 radical (unpaired) electrons. The van der Waals surface area contributed by atoms with E-state index in [2.05, 4.69) is 6.07 Å². The second-order valence-corrected chi connectivity index (χ2v) is 5.23. The molecule has 5 heteroatoms. The molecule has 0 aliphatic rings. The molecule has 0 amide bonds. The number of aryl methyl sites for hydroxylation is 1. The third-order valence-electron chi connectivity index (χ3n) is 3.47. The predicted molar refractivity (Wildman–Crippen MR) is 82.2 cm³/mol.